The van der Waals surface area contributed by atoms with Crippen molar-refractivity contribution in [3.8, 4) is 0 Å². The fourth-order valence-electron chi connectivity index (χ4n) is 0.763. The van der Waals surface area contributed by atoms with Gasteiger partial charge in [0.05, 0.1) is 13.7 Å². The number of unbranched alkanes of at least 4 members (excludes halogenated alkanes) is 1. The molecular weight excluding hydrogens is 299 g/mol. The molecule has 1 amide bonds. The number of aliphatic carboxylic acids is 1. The van der Waals surface area contributed by atoms with Gasteiger partial charge in [0.2, 0.25) is 0 Å². The summed E-state index contributed by atoms with van der Waals surface area (Å²) in [7, 11) is 1.27. The highest BCUT2D eigenvalue weighted by atomic mass is 19.4. The normalized spacial score (nSPS) is 11.5. The molecule has 10 heteroatoms. The van der Waals surface area contributed by atoms with E-state index in [2.05, 4.69) is 10.1 Å². The molecule has 0 aromatic rings. The van der Waals surface area contributed by atoms with E-state index < -0.39 is 30.2 Å². The zero-order chi connectivity index (χ0) is 17.1. The number of alkyl halides is 3. The van der Waals surface area contributed by atoms with Crippen LogP contribution in [0.4, 0.5) is 18.0 Å². The summed E-state index contributed by atoms with van der Waals surface area (Å²) >= 11 is 0. The highest BCUT2D eigenvalue weighted by Gasteiger charge is 2.38. The fraction of sp³-hybridized carbons (Fsp3) is 0.727. The van der Waals surface area contributed by atoms with Crippen LogP contribution in [0.25, 0.3) is 0 Å². The van der Waals surface area contributed by atoms with Crippen LogP contribution in [0.5, 0.6) is 0 Å². The first-order valence-electron chi connectivity index (χ1n) is 5.87. The number of nitrogens with one attached hydrogen (secondary N) is 1. The van der Waals surface area contributed by atoms with Gasteiger partial charge in [-0.05, 0) is 13.3 Å². The first kappa shape index (κ1) is 21.3. The van der Waals surface area contributed by atoms with Crippen molar-refractivity contribution in [2.24, 2.45) is 0 Å². The Morgan fingerprint density at radius 3 is 2.10 bits per heavy atom. The van der Waals surface area contributed by atoms with Crippen molar-refractivity contribution in [1.29, 1.82) is 0 Å². The van der Waals surface area contributed by atoms with E-state index in [0.717, 1.165) is 12.8 Å². The summed E-state index contributed by atoms with van der Waals surface area (Å²) in [5.74, 6) is -3.25. The molecule has 0 aromatic heterocycles. The molecular formula is C11H18F3NO6. The Hall–Kier alpha value is -2.00. The molecule has 0 aliphatic rings. The van der Waals surface area contributed by atoms with E-state index in [1.165, 1.54) is 14.0 Å². The van der Waals surface area contributed by atoms with E-state index >= 15 is 0 Å². The second kappa shape index (κ2) is 10.7. The van der Waals surface area contributed by atoms with Crippen LogP contribution in [0.2, 0.25) is 0 Å². The highest BCUT2D eigenvalue weighted by molar-refractivity contribution is 5.80. The maximum atomic E-state index is 11.0. The van der Waals surface area contributed by atoms with Crippen molar-refractivity contribution < 1.29 is 42.1 Å². The van der Waals surface area contributed by atoms with Gasteiger partial charge in [-0.3, -0.25) is 0 Å². The molecule has 21 heavy (non-hydrogen) atoms. The standard InChI is InChI=1S/C9H17NO4.C2HF3O2/c1-4-5-6-14-9(12)10-7(2)8(11)13-3;3-2(4,5)1(6)7/h7H,4-6H2,1-3H3,(H,10,12);(H,6,7)/t7-;/m0./s1. The number of methoxy groups -OCH3 is 1. The first-order chi connectivity index (χ1) is 9.56. The van der Waals surface area contributed by atoms with E-state index in [1.807, 2.05) is 6.92 Å². The quantitative estimate of drug-likeness (QED) is 0.591. The molecule has 0 aliphatic carbocycles. The number of carboxylic acid groups (broad SMARTS) is 1. The number of carbonyl (C=O) groups excluding carboxylic acids is 2. The number of ether oxygens (including phenoxy) is 2. The number of halogens is 3. The third-order valence-electron chi connectivity index (χ3n) is 1.86. The van der Waals surface area contributed by atoms with Gasteiger partial charge in [0, 0.05) is 0 Å². The third-order valence-corrected chi connectivity index (χ3v) is 1.86. The fourth-order valence-corrected chi connectivity index (χ4v) is 0.763. The minimum absolute atomic E-state index is 0.371. The van der Waals surface area contributed by atoms with Crippen molar-refractivity contribution in [2.45, 2.75) is 38.9 Å². The predicted molar refractivity (Wildman–Crippen MR) is 64.6 cm³/mol. The molecule has 2 N–H and O–H groups in total. The van der Waals surface area contributed by atoms with E-state index in [0.29, 0.717) is 6.61 Å². The van der Waals surface area contributed by atoms with Gasteiger partial charge < -0.3 is 19.9 Å². The Morgan fingerprint density at radius 2 is 1.76 bits per heavy atom. The van der Waals surface area contributed by atoms with E-state index in [-0.39, 0.29) is 0 Å². The highest BCUT2D eigenvalue weighted by Crippen LogP contribution is 2.13. The van der Waals surface area contributed by atoms with Crippen LogP contribution >= 0.6 is 0 Å². The molecule has 1 atom stereocenters. The summed E-state index contributed by atoms with van der Waals surface area (Å²) in [6.45, 7) is 3.90. The Labute approximate surface area is 119 Å². The minimum Gasteiger partial charge on any atom is -0.475 e. The minimum atomic E-state index is -5.08. The number of hydrogen-bond donors (Lipinski definition) is 2. The third kappa shape index (κ3) is 12.8. The van der Waals surface area contributed by atoms with E-state index in [9.17, 15) is 22.8 Å². The van der Waals surface area contributed by atoms with Crippen LogP contribution in [0.1, 0.15) is 26.7 Å². The SMILES string of the molecule is CCCCOC(=O)N[C@@H](C)C(=O)OC.O=C(O)C(F)(F)F. The van der Waals surface area contributed by atoms with Crippen LogP contribution in [0.15, 0.2) is 0 Å². The van der Waals surface area contributed by atoms with Crippen LogP contribution < -0.4 is 5.32 Å². The molecule has 0 saturated carbocycles. The summed E-state index contributed by atoms with van der Waals surface area (Å²) in [5, 5.41) is 9.48. The average molecular weight is 317 g/mol. The topological polar surface area (TPSA) is 102 Å². The second-order valence-corrected chi connectivity index (χ2v) is 3.68. The average Bonchev–Trinajstić information content (AvgIpc) is 2.37. The molecule has 0 unspecified atom stereocenters. The number of amides is 1. The summed E-state index contributed by atoms with van der Waals surface area (Å²) in [6.07, 6.45) is -3.89. The van der Waals surface area contributed by atoms with Gasteiger partial charge in [0.25, 0.3) is 0 Å². The summed E-state index contributed by atoms with van der Waals surface area (Å²) in [5.41, 5.74) is 0. The lowest BCUT2D eigenvalue weighted by molar-refractivity contribution is -0.192. The molecule has 0 aliphatic heterocycles. The molecule has 0 saturated heterocycles. The molecule has 0 spiro atoms. The number of alkyl carbamates (subject to hydrolysis) is 1. The lowest BCUT2D eigenvalue weighted by atomic mass is 10.3. The zero-order valence-corrected chi connectivity index (χ0v) is 11.8. The Balaban J connectivity index is 0. The van der Waals surface area contributed by atoms with Crippen molar-refractivity contribution in [3.63, 3.8) is 0 Å². The predicted octanol–water partition coefficient (Wildman–Crippen LogP) is 1.71. The molecule has 0 rings (SSSR count). The van der Waals surface area contributed by atoms with Gasteiger partial charge in [0.1, 0.15) is 6.04 Å². The van der Waals surface area contributed by atoms with Crippen molar-refractivity contribution in [1.82, 2.24) is 5.32 Å². The smallest absolute Gasteiger partial charge is 0.475 e. The monoisotopic (exact) mass is 317 g/mol. The van der Waals surface area contributed by atoms with Gasteiger partial charge in [-0.1, -0.05) is 13.3 Å². The van der Waals surface area contributed by atoms with Crippen LogP contribution in [-0.2, 0) is 19.1 Å². The number of carbonyl (C=O) groups is 3. The lowest BCUT2D eigenvalue weighted by Gasteiger charge is -2.11. The lowest BCUT2D eigenvalue weighted by Crippen LogP contribution is -2.39. The first-order valence-corrected chi connectivity index (χ1v) is 5.87. The van der Waals surface area contributed by atoms with Crippen LogP contribution in [0.3, 0.4) is 0 Å². The van der Waals surface area contributed by atoms with E-state index in [1.54, 1.807) is 0 Å². The Morgan fingerprint density at radius 1 is 1.29 bits per heavy atom. The maximum Gasteiger partial charge on any atom is 0.490 e. The van der Waals surface area contributed by atoms with Crippen molar-refractivity contribution >= 4 is 18.0 Å². The van der Waals surface area contributed by atoms with Gasteiger partial charge in [0.15, 0.2) is 0 Å². The molecule has 0 aromatic carbocycles. The number of esters is 1. The van der Waals surface area contributed by atoms with Crippen LogP contribution in [-0.4, -0.2) is 49.1 Å². The number of hydrogen-bond acceptors (Lipinski definition) is 5. The Bertz CT molecular complexity index is 345. The van der Waals surface area contributed by atoms with Gasteiger partial charge >= 0.3 is 24.2 Å². The van der Waals surface area contributed by atoms with Crippen molar-refractivity contribution in [3.05, 3.63) is 0 Å². The van der Waals surface area contributed by atoms with Gasteiger partial charge in [-0.25, -0.2) is 14.4 Å². The molecule has 7 nitrogen and oxygen atoms in total. The van der Waals surface area contributed by atoms with E-state index in [4.69, 9.17) is 14.6 Å². The molecule has 124 valence electrons. The van der Waals surface area contributed by atoms with Gasteiger partial charge in [-0.15, -0.1) is 0 Å². The second-order valence-electron chi connectivity index (χ2n) is 3.68. The largest absolute Gasteiger partial charge is 0.490 e. The molecule has 0 fully saturated rings. The summed E-state index contributed by atoms with van der Waals surface area (Å²) in [6, 6.07) is -0.672. The van der Waals surface area contributed by atoms with Gasteiger partial charge in [-0.2, -0.15) is 13.2 Å². The Kier molecular flexibility index (Phi) is 10.9. The molecule has 0 heterocycles. The zero-order valence-electron chi connectivity index (χ0n) is 11.8. The number of rotatable bonds is 5. The number of carboxylic acids is 1. The molecule has 0 radical (unpaired) electrons. The summed E-state index contributed by atoms with van der Waals surface area (Å²) < 4.78 is 41.0. The molecule has 0 bridgehead atoms. The van der Waals surface area contributed by atoms with Crippen LogP contribution in [0, 0.1) is 0 Å². The van der Waals surface area contributed by atoms with Crippen molar-refractivity contribution in [2.75, 3.05) is 13.7 Å². The maximum absolute atomic E-state index is 11.0. The summed E-state index contributed by atoms with van der Waals surface area (Å²) in [4.78, 5) is 30.8.